The molecule has 5 nitrogen and oxygen atoms in total. The number of anilines is 2. The van der Waals surface area contributed by atoms with Crippen molar-refractivity contribution in [1.29, 1.82) is 0 Å². The van der Waals surface area contributed by atoms with Crippen LogP contribution in [0, 0.1) is 5.92 Å². The highest BCUT2D eigenvalue weighted by atomic mass is 79.9. The van der Waals surface area contributed by atoms with Crippen LogP contribution in [0.5, 0.6) is 0 Å². The van der Waals surface area contributed by atoms with Gasteiger partial charge in [-0.3, -0.25) is 9.59 Å². The average Bonchev–Trinajstić information content (AvgIpc) is 2.98. The Labute approximate surface area is 153 Å². The first-order chi connectivity index (χ1) is 11.6. The SMILES string of the molecule is CSc1ccc(NC(=O)C2CC(=O)N(c3ccccc3Br)C2)cn1. The van der Waals surface area contributed by atoms with Crippen molar-refractivity contribution in [3.05, 3.63) is 47.1 Å². The first kappa shape index (κ1) is 17.0. The minimum Gasteiger partial charge on any atom is -0.324 e. The molecular weight excluding hydrogens is 390 g/mol. The van der Waals surface area contributed by atoms with Crippen LogP contribution in [0.2, 0.25) is 0 Å². The Morgan fingerprint density at radius 2 is 2.12 bits per heavy atom. The molecule has 2 heterocycles. The number of para-hydroxylation sites is 1. The van der Waals surface area contributed by atoms with Crippen molar-refractivity contribution in [1.82, 2.24) is 4.98 Å². The minimum atomic E-state index is -0.371. The average molecular weight is 406 g/mol. The van der Waals surface area contributed by atoms with E-state index in [-0.39, 0.29) is 24.2 Å². The fraction of sp³-hybridized carbons (Fsp3) is 0.235. The molecule has 1 aromatic carbocycles. The lowest BCUT2D eigenvalue weighted by Gasteiger charge is -2.18. The van der Waals surface area contributed by atoms with Gasteiger partial charge in [-0.25, -0.2) is 4.98 Å². The number of thioether (sulfide) groups is 1. The zero-order valence-electron chi connectivity index (χ0n) is 13.0. The molecule has 2 aromatic rings. The summed E-state index contributed by atoms with van der Waals surface area (Å²) >= 11 is 5.00. The van der Waals surface area contributed by atoms with E-state index in [9.17, 15) is 9.59 Å². The molecule has 7 heteroatoms. The summed E-state index contributed by atoms with van der Waals surface area (Å²) in [5.74, 6) is -0.570. The Balaban J connectivity index is 1.68. The summed E-state index contributed by atoms with van der Waals surface area (Å²) < 4.78 is 0.844. The van der Waals surface area contributed by atoms with Gasteiger partial charge in [-0.2, -0.15) is 0 Å². The molecule has 1 fully saturated rings. The molecule has 3 rings (SSSR count). The predicted octanol–water partition coefficient (Wildman–Crippen LogP) is 3.56. The minimum absolute atomic E-state index is 0.0436. The van der Waals surface area contributed by atoms with Crippen LogP contribution in [0.15, 0.2) is 52.1 Å². The zero-order valence-corrected chi connectivity index (χ0v) is 15.4. The number of nitrogens with one attached hydrogen (secondary N) is 1. The van der Waals surface area contributed by atoms with E-state index in [0.717, 1.165) is 15.2 Å². The number of hydrogen-bond donors (Lipinski definition) is 1. The quantitative estimate of drug-likeness (QED) is 0.789. The van der Waals surface area contributed by atoms with E-state index < -0.39 is 0 Å². The molecule has 2 amide bonds. The van der Waals surface area contributed by atoms with Crippen LogP contribution in [-0.2, 0) is 9.59 Å². The molecule has 0 saturated carbocycles. The van der Waals surface area contributed by atoms with Crippen molar-refractivity contribution in [3.63, 3.8) is 0 Å². The fourth-order valence-corrected chi connectivity index (χ4v) is 3.47. The third kappa shape index (κ3) is 3.62. The van der Waals surface area contributed by atoms with E-state index >= 15 is 0 Å². The predicted molar refractivity (Wildman–Crippen MR) is 99.2 cm³/mol. The molecule has 1 N–H and O–H groups in total. The topological polar surface area (TPSA) is 62.3 Å². The number of rotatable bonds is 4. The molecule has 1 aliphatic heterocycles. The molecule has 124 valence electrons. The van der Waals surface area contributed by atoms with Gasteiger partial charge in [0.1, 0.15) is 0 Å². The van der Waals surface area contributed by atoms with E-state index in [1.165, 1.54) is 0 Å². The number of benzene rings is 1. The largest absolute Gasteiger partial charge is 0.324 e. The van der Waals surface area contributed by atoms with Crippen LogP contribution < -0.4 is 10.2 Å². The van der Waals surface area contributed by atoms with E-state index in [1.54, 1.807) is 22.9 Å². The summed E-state index contributed by atoms with van der Waals surface area (Å²) in [5.41, 5.74) is 1.44. The van der Waals surface area contributed by atoms with Crippen molar-refractivity contribution in [3.8, 4) is 0 Å². The maximum Gasteiger partial charge on any atom is 0.229 e. The number of carbonyl (C=O) groups is 2. The van der Waals surface area contributed by atoms with Gasteiger partial charge in [-0.15, -0.1) is 11.8 Å². The van der Waals surface area contributed by atoms with Crippen molar-refractivity contribution in [2.24, 2.45) is 5.92 Å². The van der Waals surface area contributed by atoms with Crippen molar-refractivity contribution in [2.75, 3.05) is 23.0 Å². The Morgan fingerprint density at radius 3 is 2.79 bits per heavy atom. The zero-order chi connectivity index (χ0) is 17.1. The first-order valence-electron chi connectivity index (χ1n) is 7.44. The van der Waals surface area contributed by atoms with Crippen LogP contribution in [-0.4, -0.2) is 29.6 Å². The molecule has 1 atom stereocenters. The lowest BCUT2D eigenvalue weighted by molar-refractivity contribution is -0.122. The number of amides is 2. The smallest absolute Gasteiger partial charge is 0.229 e. The number of aromatic nitrogens is 1. The Morgan fingerprint density at radius 1 is 1.33 bits per heavy atom. The Bertz CT molecular complexity index is 767. The second-order valence-electron chi connectivity index (χ2n) is 5.44. The second kappa shape index (κ2) is 7.36. The first-order valence-corrected chi connectivity index (χ1v) is 9.46. The van der Waals surface area contributed by atoms with E-state index in [0.29, 0.717) is 12.2 Å². The van der Waals surface area contributed by atoms with Gasteiger partial charge in [0, 0.05) is 17.4 Å². The highest BCUT2D eigenvalue weighted by molar-refractivity contribution is 9.10. The van der Waals surface area contributed by atoms with Gasteiger partial charge in [0.2, 0.25) is 11.8 Å². The Kier molecular flexibility index (Phi) is 5.20. The molecule has 1 unspecified atom stereocenters. The molecule has 0 radical (unpaired) electrons. The number of pyridine rings is 1. The number of hydrogen-bond acceptors (Lipinski definition) is 4. The summed E-state index contributed by atoms with van der Waals surface area (Å²) in [4.78, 5) is 30.6. The number of nitrogens with zero attached hydrogens (tertiary/aromatic N) is 2. The summed E-state index contributed by atoms with van der Waals surface area (Å²) in [6.45, 7) is 0.379. The molecule has 0 spiro atoms. The van der Waals surface area contributed by atoms with Crippen LogP contribution in [0.3, 0.4) is 0 Å². The molecule has 1 saturated heterocycles. The van der Waals surface area contributed by atoms with Gasteiger partial charge in [0.25, 0.3) is 0 Å². The van der Waals surface area contributed by atoms with Crippen LogP contribution in [0.25, 0.3) is 0 Å². The van der Waals surface area contributed by atoms with Crippen LogP contribution >= 0.6 is 27.7 Å². The van der Waals surface area contributed by atoms with E-state index in [2.05, 4.69) is 26.2 Å². The highest BCUT2D eigenvalue weighted by Gasteiger charge is 2.35. The summed E-state index contributed by atoms with van der Waals surface area (Å²) in [6, 6.07) is 11.2. The van der Waals surface area contributed by atoms with Crippen molar-refractivity contribution >= 4 is 50.9 Å². The normalized spacial score (nSPS) is 17.2. The maximum atomic E-state index is 12.4. The molecule has 1 aromatic heterocycles. The van der Waals surface area contributed by atoms with Crippen LogP contribution in [0.1, 0.15) is 6.42 Å². The number of carbonyl (C=O) groups excluding carboxylic acids is 2. The molecule has 0 aliphatic carbocycles. The Hall–Kier alpha value is -1.86. The maximum absolute atomic E-state index is 12.4. The van der Waals surface area contributed by atoms with Gasteiger partial charge in [-0.05, 0) is 46.5 Å². The molecule has 24 heavy (non-hydrogen) atoms. The number of halogens is 1. The third-order valence-electron chi connectivity index (χ3n) is 3.85. The van der Waals surface area contributed by atoms with Gasteiger partial charge >= 0.3 is 0 Å². The summed E-state index contributed by atoms with van der Waals surface area (Å²) in [5, 5.41) is 3.73. The molecule has 0 bridgehead atoms. The van der Waals surface area contributed by atoms with Crippen LogP contribution in [0.4, 0.5) is 11.4 Å². The second-order valence-corrected chi connectivity index (χ2v) is 7.12. The van der Waals surface area contributed by atoms with E-state index in [4.69, 9.17) is 0 Å². The molecular formula is C17H16BrN3O2S. The van der Waals surface area contributed by atoms with Gasteiger partial charge in [0.05, 0.1) is 28.5 Å². The van der Waals surface area contributed by atoms with Gasteiger partial charge in [0.15, 0.2) is 0 Å². The third-order valence-corrected chi connectivity index (χ3v) is 5.18. The van der Waals surface area contributed by atoms with E-state index in [1.807, 2.05) is 42.7 Å². The van der Waals surface area contributed by atoms with Gasteiger partial charge < -0.3 is 10.2 Å². The van der Waals surface area contributed by atoms with Crippen molar-refractivity contribution in [2.45, 2.75) is 11.4 Å². The summed E-state index contributed by atoms with van der Waals surface area (Å²) in [6.07, 6.45) is 3.79. The molecule has 1 aliphatic rings. The monoisotopic (exact) mass is 405 g/mol. The fourth-order valence-electron chi connectivity index (χ4n) is 2.61. The highest BCUT2D eigenvalue weighted by Crippen LogP contribution is 2.31. The lowest BCUT2D eigenvalue weighted by Crippen LogP contribution is -2.28. The van der Waals surface area contributed by atoms with Crippen molar-refractivity contribution < 1.29 is 9.59 Å². The lowest BCUT2D eigenvalue weighted by atomic mass is 10.1. The van der Waals surface area contributed by atoms with Gasteiger partial charge in [-0.1, -0.05) is 12.1 Å². The standard InChI is InChI=1S/C17H16BrN3O2S/c1-24-15-7-6-12(9-19-15)20-17(23)11-8-16(22)21(10-11)14-5-3-2-4-13(14)18/h2-7,9,11H,8,10H2,1H3,(H,20,23). The summed E-state index contributed by atoms with van der Waals surface area (Å²) in [7, 11) is 0.